The molecule has 0 spiro atoms. The van der Waals surface area contributed by atoms with Crippen LogP contribution in [0.5, 0.6) is 0 Å². The Morgan fingerprint density at radius 3 is 2.60 bits per heavy atom. The van der Waals surface area contributed by atoms with Gasteiger partial charge < -0.3 is 0 Å². The summed E-state index contributed by atoms with van der Waals surface area (Å²) in [5.41, 5.74) is 0.308. The van der Waals surface area contributed by atoms with Gasteiger partial charge in [-0.1, -0.05) is 17.7 Å². The van der Waals surface area contributed by atoms with Crippen molar-refractivity contribution < 1.29 is 12.8 Å². The highest BCUT2D eigenvalue weighted by molar-refractivity contribution is 7.90. The molecule has 0 saturated carbocycles. The summed E-state index contributed by atoms with van der Waals surface area (Å²) in [4.78, 5) is 0.0627. The smallest absolute Gasteiger partial charge is 0.182 e. The molecule has 2 aromatic rings. The molecule has 0 bridgehead atoms. The van der Waals surface area contributed by atoms with E-state index in [1.165, 1.54) is 24.3 Å². The number of nitrogens with zero attached hydrogens (tertiary/aromatic N) is 1. The number of nitriles is 1. The van der Waals surface area contributed by atoms with Crippen LogP contribution in [0.3, 0.4) is 0 Å². The highest BCUT2D eigenvalue weighted by atomic mass is 35.5. The highest BCUT2D eigenvalue weighted by Crippen LogP contribution is 2.21. The van der Waals surface area contributed by atoms with E-state index < -0.39 is 15.7 Å². The molecular formula is C14H9ClFNO2S. The lowest BCUT2D eigenvalue weighted by Gasteiger charge is -2.06. The van der Waals surface area contributed by atoms with Crippen LogP contribution in [0.2, 0.25) is 5.02 Å². The third-order valence-electron chi connectivity index (χ3n) is 2.60. The van der Waals surface area contributed by atoms with Gasteiger partial charge in [0.15, 0.2) is 9.84 Å². The first-order chi connectivity index (χ1) is 9.40. The minimum atomic E-state index is -3.64. The van der Waals surface area contributed by atoms with Crippen LogP contribution in [0.25, 0.3) is 0 Å². The van der Waals surface area contributed by atoms with Crippen LogP contribution < -0.4 is 0 Å². The summed E-state index contributed by atoms with van der Waals surface area (Å²) in [5.74, 6) is -1.03. The molecule has 0 aliphatic heterocycles. The minimum absolute atomic E-state index is 0.0627. The second kappa shape index (κ2) is 5.61. The first-order valence-corrected chi connectivity index (χ1v) is 7.61. The van der Waals surface area contributed by atoms with Gasteiger partial charge in [-0.05, 0) is 42.0 Å². The molecule has 20 heavy (non-hydrogen) atoms. The lowest BCUT2D eigenvalue weighted by atomic mass is 10.1. The maximum atomic E-state index is 13.3. The highest BCUT2D eigenvalue weighted by Gasteiger charge is 2.16. The predicted octanol–water partition coefficient (Wildman–Crippen LogP) is 3.32. The fourth-order valence-electron chi connectivity index (χ4n) is 1.76. The Morgan fingerprint density at radius 1 is 1.20 bits per heavy atom. The summed E-state index contributed by atoms with van der Waals surface area (Å²) in [6, 6.07) is 11.1. The zero-order chi connectivity index (χ0) is 14.8. The lowest BCUT2D eigenvalue weighted by Crippen LogP contribution is -2.05. The van der Waals surface area contributed by atoms with Crippen LogP contribution in [0, 0.1) is 17.1 Å². The fourth-order valence-corrected chi connectivity index (χ4v) is 3.38. The first-order valence-electron chi connectivity index (χ1n) is 5.58. The maximum absolute atomic E-state index is 13.3. The largest absolute Gasteiger partial charge is 0.223 e. The molecule has 0 aromatic heterocycles. The standard InChI is InChI=1S/C14H9ClFNO2S/c15-12-2-1-3-14(7-12)20(18,19)9-11-4-10(8-17)5-13(16)6-11/h1-7H,9H2. The Hall–Kier alpha value is -1.90. The van der Waals surface area contributed by atoms with E-state index >= 15 is 0 Å². The molecule has 3 nitrogen and oxygen atoms in total. The molecule has 0 aliphatic carbocycles. The van der Waals surface area contributed by atoms with E-state index in [2.05, 4.69) is 0 Å². The Bertz CT molecular complexity index is 797. The quantitative estimate of drug-likeness (QED) is 0.874. The third-order valence-corrected chi connectivity index (χ3v) is 4.52. The van der Waals surface area contributed by atoms with Crippen LogP contribution in [0.4, 0.5) is 4.39 Å². The molecule has 2 aromatic carbocycles. The van der Waals surface area contributed by atoms with Crippen molar-refractivity contribution >= 4 is 21.4 Å². The van der Waals surface area contributed by atoms with E-state index in [9.17, 15) is 12.8 Å². The SMILES string of the molecule is N#Cc1cc(F)cc(CS(=O)(=O)c2cccc(Cl)c2)c1. The summed E-state index contributed by atoms with van der Waals surface area (Å²) in [5, 5.41) is 9.06. The number of benzene rings is 2. The maximum Gasteiger partial charge on any atom is 0.182 e. The molecule has 0 unspecified atom stereocenters. The van der Waals surface area contributed by atoms with Crippen molar-refractivity contribution in [2.24, 2.45) is 0 Å². The van der Waals surface area contributed by atoms with Crippen molar-refractivity contribution in [2.75, 3.05) is 0 Å². The average molecular weight is 310 g/mol. The molecule has 0 heterocycles. The van der Waals surface area contributed by atoms with Crippen molar-refractivity contribution in [1.29, 1.82) is 5.26 Å². The van der Waals surface area contributed by atoms with Crippen LogP contribution >= 0.6 is 11.6 Å². The summed E-state index contributed by atoms with van der Waals surface area (Å²) in [6.45, 7) is 0. The van der Waals surface area contributed by atoms with E-state index in [-0.39, 0.29) is 21.8 Å². The first kappa shape index (κ1) is 14.5. The van der Waals surface area contributed by atoms with Crippen molar-refractivity contribution in [3.8, 4) is 6.07 Å². The Morgan fingerprint density at radius 2 is 1.95 bits per heavy atom. The normalized spacial score (nSPS) is 11.1. The molecular weight excluding hydrogens is 301 g/mol. The van der Waals surface area contributed by atoms with Gasteiger partial charge in [0.25, 0.3) is 0 Å². The number of hydrogen-bond donors (Lipinski definition) is 0. The van der Waals surface area contributed by atoms with Gasteiger partial charge in [-0.2, -0.15) is 5.26 Å². The number of sulfone groups is 1. The summed E-state index contributed by atoms with van der Waals surface area (Å²) in [6.07, 6.45) is 0. The zero-order valence-electron chi connectivity index (χ0n) is 10.2. The Kier molecular flexibility index (Phi) is 4.07. The van der Waals surface area contributed by atoms with Crippen LogP contribution in [-0.2, 0) is 15.6 Å². The summed E-state index contributed by atoms with van der Waals surface area (Å²) >= 11 is 5.76. The van der Waals surface area contributed by atoms with E-state index in [0.717, 1.165) is 12.1 Å². The number of halogens is 2. The van der Waals surface area contributed by atoms with Gasteiger partial charge in [0.1, 0.15) is 5.82 Å². The monoisotopic (exact) mass is 309 g/mol. The lowest BCUT2D eigenvalue weighted by molar-refractivity contribution is 0.594. The number of rotatable bonds is 3. The Labute approximate surface area is 121 Å². The van der Waals surface area contributed by atoms with Gasteiger partial charge in [-0.15, -0.1) is 0 Å². The van der Waals surface area contributed by atoms with E-state index in [4.69, 9.17) is 16.9 Å². The van der Waals surface area contributed by atoms with E-state index in [1.807, 2.05) is 0 Å². The van der Waals surface area contributed by atoms with Crippen LogP contribution in [0.15, 0.2) is 47.4 Å². The van der Waals surface area contributed by atoms with E-state index in [0.29, 0.717) is 5.02 Å². The summed E-state index contributed by atoms with van der Waals surface area (Å²) in [7, 11) is -3.64. The summed E-state index contributed by atoms with van der Waals surface area (Å²) < 4.78 is 37.7. The van der Waals surface area contributed by atoms with Crippen molar-refractivity contribution in [3.05, 3.63) is 64.4 Å². The van der Waals surface area contributed by atoms with Crippen molar-refractivity contribution in [1.82, 2.24) is 0 Å². The second-order valence-corrected chi connectivity index (χ2v) is 6.60. The van der Waals surface area contributed by atoms with Gasteiger partial charge in [0.05, 0.1) is 22.3 Å². The molecule has 0 saturated heterocycles. The second-order valence-electron chi connectivity index (χ2n) is 4.18. The molecule has 2 rings (SSSR count). The predicted molar refractivity (Wildman–Crippen MR) is 73.5 cm³/mol. The van der Waals surface area contributed by atoms with Crippen molar-refractivity contribution in [2.45, 2.75) is 10.6 Å². The molecule has 102 valence electrons. The molecule has 6 heteroatoms. The molecule has 0 amide bonds. The zero-order valence-corrected chi connectivity index (χ0v) is 11.7. The van der Waals surface area contributed by atoms with Gasteiger partial charge in [-0.25, -0.2) is 12.8 Å². The van der Waals surface area contributed by atoms with Gasteiger partial charge in [0, 0.05) is 5.02 Å². The third kappa shape index (κ3) is 3.35. The number of hydrogen-bond acceptors (Lipinski definition) is 3. The minimum Gasteiger partial charge on any atom is -0.223 e. The Balaban J connectivity index is 2.39. The average Bonchev–Trinajstić information content (AvgIpc) is 2.37. The van der Waals surface area contributed by atoms with Gasteiger partial charge in [-0.3, -0.25) is 0 Å². The molecule has 0 fully saturated rings. The van der Waals surface area contributed by atoms with Crippen LogP contribution in [0.1, 0.15) is 11.1 Å². The van der Waals surface area contributed by atoms with Crippen molar-refractivity contribution in [3.63, 3.8) is 0 Å². The van der Waals surface area contributed by atoms with Gasteiger partial charge >= 0.3 is 0 Å². The molecule has 0 atom stereocenters. The van der Waals surface area contributed by atoms with Crippen LogP contribution in [-0.4, -0.2) is 8.42 Å². The molecule has 0 aliphatic rings. The molecule has 0 radical (unpaired) electrons. The topological polar surface area (TPSA) is 57.9 Å². The van der Waals surface area contributed by atoms with Gasteiger partial charge in [0.2, 0.25) is 0 Å². The fraction of sp³-hybridized carbons (Fsp3) is 0.0714. The van der Waals surface area contributed by atoms with E-state index in [1.54, 1.807) is 12.1 Å². The molecule has 0 N–H and O–H groups in total.